The molecule has 1 N–H and O–H groups in total. The van der Waals surface area contributed by atoms with E-state index in [9.17, 15) is 14.9 Å². The molecule has 2 aliphatic heterocycles. The predicted octanol–water partition coefficient (Wildman–Crippen LogP) is 1.21. The van der Waals surface area contributed by atoms with E-state index < -0.39 is 5.41 Å². The molecule has 2 bridgehead atoms. The summed E-state index contributed by atoms with van der Waals surface area (Å²) in [7, 11) is 0. The van der Waals surface area contributed by atoms with Gasteiger partial charge in [-0.1, -0.05) is 12.8 Å². The lowest BCUT2D eigenvalue weighted by atomic mass is 9.86. The highest BCUT2D eigenvalue weighted by Gasteiger charge is 2.50. The van der Waals surface area contributed by atoms with Gasteiger partial charge in [-0.25, -0.2) is 0 Å². The normalized spacial score (nSPS) is 34.0. The number of carbonyl (C=O) groups excluding carboxylic acids is 2. The third-order valence-corrected chi connectivity index (χ3v) is 6.12. The smallest absolute Gasteiger partial charge is 0.243 e. The summed E-state index contributed by atoms with van der Waals surface area (Å²) in [5.74, 6) is 0.527. The molecule has 0 aromatic rings. The number of carbonyl (C=O) groups is 2. The molecule has 0 spiro atoms. The summed E-state index contributed by atoms with van der Waals surface area (Å²) >= 11 is 0. The van der Waals surface area contributed by atoms with Crippen LogP contribution in [0.2, 0.25) is 0 Å². The number of nitrogens with zero attached hydrogens (tertiary/aromatic N) is 2. The van der Waals surface area contributed by atoms with E-state index in [1.54, 1.807) is 4.90 Å². The number of amides is 2. The fourth-order valence-corrected chi connectivity index (χ4v) is 4.45. The molecular weight excluding hydrogens is 306 g/mol. The lowest BCUT2D eigenvalue weighted by molar-refractivity contribution is -0.149. The standard InChI is InChI=1S/C18H25N3O3/c19-11-18(5-1-2-6-18)17(23)21-9-13-7-14(15(10-21)24-13)16(22)20-8-12-3-4-12/h12-15H,1-10H2,(H,20,22). The molecule has 0 aromatic heterocycles. The second kappa shape index (κ2) is 6.03. The van der Waals surface area contributed by atoms with Gasteiger partial charge in [0.15, 0.2) is 0 Å². The Kier molecular flexibility index (Phi) is 4.00. The van der Waals surface area contributed by atoms with Gasteiger partial charge in [-0.05, 0) is 38.0 Å². The lowest BCUT2D eigenvalue weighted by Crippen LogP contribution is -2.52. The van der Waals surface area contributed by atoms with E-state index in [4.69, 9.17) is 4.74 Å². The third kappa shape index (κ3) is 2.79. The Bertz CT molecular complexity index is 575. The average molecular weight is 331 g/mol. The number of nitriles is 1. The molecule has 2 aliphatic carbocycles. The SMILES string of the molecule is N#CC1(C(=O)N2CC3CC(C(=O)NCC4CC4)C(C2)O3)CCCC1. The summed E-state index contributed by atoms with van der Waals surface area (Å²) in [6.07, 6.45) is 6.06. The zero-order valence-electron chi connectivity index (χ0n) is 14.0. The van der Waals surface area contributed by atoms with E-state index in [1.807, 2.05) is 0 Å². The molecule has 4 aliphatic rings. The van der Waals surface area contributed by atoms with Crippen molar-refractivity contribution in [3.8, 4) is 6.07 Å². The first-order chi connectivity index (χ1) is 11.6. The second-order valence-electron chi connectivity index (χ2n) is 7.94. The number of hydrogen-bond acceptors (Lipinski definition) is 4. The number of nitrogens with one attached hydrogen (secondary N) is 1. The average Bonchev–Trinajstić information content (AvgIpc) is 3.22. The molecule has 2 saturated heterocycles. The van der Waals surface area contributed by atoms with Crippen molar-refractivity contribution < 1.29 is 14.3 Å². The summed E-state index contributed by atoms with van der Waals surface area (Å²) in [6.45, 7) is 1.73. The molecule has 24 heavy (non-hydrogen) atoms. The largest absolute Gasteiger partial charge is 0.370 e. The Balaban J connectivity index is 1.40. The topological polar surface area (TPSA) is 82.4 Å². The van der Waals surface area contributed by atoms with Gasteiger partial charge in [-0.2, -0.15) is 5.26 Å². The van der Waals surface area contributed by atoms with Crippen molar-refractivity contribution in [2.75, 3.05) is 19.6 Å². The van der Waals surface area contributed by atoms with Crippen LogP contribution in [0.5, 0.6) is 0 Å². The second-order valence-corrected chi connectivity index (χ2v) is 7.94. The van der Waals surface area contributed by atoms with E-state index in [-0.39, 0.29) is 29.9 Å². The number of fused-ring (bicyclic) bond motifs is 2. The van der Waals surface area contributed by atoms with Crippen LogP contribution in [0.1, 0.15) is 44.9 Å². The third-order valence-electron chi connectivity index (χ3n) is 6.12. The van der Waals surface area contributed by atoms with Gasteiger partial charge in [0.2, 0.25) is 11.8 Å². The van der Waals surface area contributed by atoms with E-state index in [0.29, 0.717) is 38.3 Å². The van der Waals surface area contributed by atoms with Crippen LogP contribution in [-0.4, -0.2) is 48.6 Å². The zero-order chi connectivity index (χ0) is 16.7. The minimum atomic E-state index is -0.833. The monoisotopic (exact) mass is 331 g/mol. The predicted molar refractivity (Wildman–Crippen MR) is 85.6 cm³/mol. The summed E-state index contributed by atoms with van der Waals surface area (Å²) in [5.41, 5.74) is -0.833. The van der Waals surface area contributed by atoms with E-state index >= 15 is 0 Å². The maximum Gasteiger partial charge on any atom is 0.243 e. The number of morpholine rings is 1. The molecule has 4 fully saturated rings. The molecule has 3 unspecified atom stereocenters. The fraction of sp³-hybridized carbons (Fsp3) is 0.833. The minimum Gasteiger partial charge on any atom is -0.370 e. The maximum atomic E-state index is 12.9. The minimum absolute atomic E-state index is 0.0418. The molecule has 6 heteroatoms. The van der Waals surface area contributed by atoms with Gasteiger partial charge in [0, 0.05) is 19.6 Å². The molecule has 2 saturated carbocycles. The molecule has 2 heterocycles. The Hall–Kier alpha value is -1.61. The summed E-state index contributed by atoms with van der Waals surface area (Å²) in [4.78, 5) is 27.1. The molecule has 130 valence electrons. The van der Waals surface area contributed by atoms with Gasteiger partial charge in [-0.15, -0.1) is 0 Å². The summed E-state index contributed by atoms with van der Waals surface area (Å²) in [6, 6.07) is 2.29. The van der Waals surface area contributed by atoms with Crippen LogP contribution in [0.15, 0.2) is 0 Å². The number of hydrogen-bond donors (Lipinski definition) is 1. The van der Waals surface area contributed by atoms with E-state index in [2.05, 4.69) is 11.4 Å². The van der Waals surface area contributed by atoms with Gasteiger partial charge in [-0.3, -0.25) is 9.59 Å². The Labute approximate surface area is 142 Å². The molecule has 4 rings (SSSR count). The molecule has 6 nitrogen and oxygen atoms in total. The Morgan fingerprint density at radius 1 is 1.25 bits per heavy atom. The van der Waals surface area contributed by atoms with Crippen LogP contribution in [0.4, 0.5) is 0 Å². The van der Waals surface area contributed by atoms with E-state index in [1.165, 1.54) is 12.8 Å². The Morgan fingerprint density at radius 2 is 2.00 bits per heavy atom. The highest BCUT2D eigenvalue weighted by Crippen LogP contribution is 2.41. The van der Waals surface area contributed by atoms with Crippen LogP contribution >= 0.6 is 0 Å². The Morgan fingerprint density at radius 3 is 2.67 bits per heavy atom. The van der Waals surface area contributed by atoms with Crippen molar-refractivity contribution in [2.24, 2.45) is 17.3 Å². The summed E-state index contributed by atoms with van der Waals surface area (Å²) < 4.78 is 5.93. The van der Waals surface area contributed by atoms with Crippen molar-refractivity contribution in [2.45, 2.75) is 57.2 Å². The van der Waals surface area contributed by atoms with Crippen molar-refractivity contribution in [1.82, 2.24) is 10.2 Å². The molecule has 3 atom stereocenters. The van der Waals surface area contributed by atoms with Crippen LogP contribution < -0.4 is 5.32 Å². The fourth-order valence-electron chi connectivity index (χ4n) is 4.45. The first-order valence-electron chi connectivity index (χ1n) is 9.25. The van der Waals surface area contributed by atoms with Crippen LogP contribution in [0.3, 0.4) is 0 Å². The number of likely N-dealkylation sites (tertiary alicyclic amines) is 1. The van der Waals surface area contributed by atoms with Crippen molar-refractivity contribution in [3.05, 3.63) is 0 Å². The van der Waals surface area contributed by atoms with Crippen molar-refractivity contribution >= 4 is 11.8 Å². The van der Waals surface area contributed by atoms with Gasteiger partial charge in [0.05, 0.1) is 24.2 Å². The zero-order valence-corrected chi connectivity index (χ0v) is 14.0. The molecular formula is C18H25N3O3. The van der Waals surface area contributed by atoms with Crippen LogP contribution in [-0.2, 0) is 14.3 Å². The van der Waals surface area contributed by atoms with Gasteiger partial charge < -0.3 is 15.0 Å². The van der Waals surface area contributed by atoms with E-state index in [0.717, 1.165) is 19.4 Å². The van der Waals surface area contributed by atoms with Crippen molar-refractivity contribution in [1.29, 1.82) is 5.26 Å². The highest BCUT2D eigenvalue weighted by molar-refractivity contribution is 5.86. The van der Waals surface area contributed by atoms with Gasteiger partial charge in [0.1, 0.15) is 5.41 Å². The number of rotatable bonds is 4. The molecule has 2 amide bonds. The maximum absolute atomic E-state index is 12.9. The first kappa shape index (κ1) is 15.9. The number of ether oxygens (including phenoxy) is 1. The van der Waals surface area contributed by atoms with Gasteiger partial charge in [0.25, 0.3) is 0 Å². The quantitative estimate of drug-likeness (QED) is 0.839. The lowest BCUT2D eigenvalue weighted by Gasteiger charge is -2.36. The van der Waals surface area contributed by atoms with Crippen molar-refractivity contribution in [3.63, 3.8) is 0 Å². The summed E-state index contributed by atoms with van der Waals surface area (Å²) in [5, 5.41) is 12.6. The first-order valence-corrected chi connectivity index (χ1v) is 9.25. The van der Waals surface area contributed by atoms with Crippen LogP contribution in [0.25, 0.3) is 0 Å². The molecule has 0 aromatic carbocycles. The highest BCUT2D eigenvalue weighted by atomic mass is 16.5. The molecule has 0 radical (unpaired) electrons. The van der Waals surface area contributed by atoms with Crippen LogP contribution in [0, 0.1) is 28.6 Å². The van der Waals surface area contributed by atoms with Gasteiger partial charge >= 0.3 is 0 Å².